The molecular weight excluding hydrogens is 278 g/mol. The zero-order valence-corrected chi connectivity index (χ0v) is 12.0. The Morgan fingerprint density at radius 3 is 3.00 bits per heavy atom. The lowest BCUT2D eigenvalue weighted by atomic mass is 10.3. The van der Waals surface area contributed by atoms with Crippen LogP contribution in [-0.2, 0) is 4.79 Å². The minimum absolute atomic E-state index is 0.0301. The summed E-state index contributed by atoms with van der Waals surface area (Å²) in [5, 5.41) is 20.3. The van der Waals surface area contributed by atoms with E-state index in [1.54, 1.807) is 0 Å². The number of carboxylic acid groups (broad SMARTS) is 1. The van der Waals surface area contributed by atoms with Crippen molar-refractivity contribution < 1.29 is 9.90 Å². The van der Waals surface area contributed by atoms with Crippen molar-refractivity contribution in [1.82, 2.24) is 10.2 Å². The van der Waals surface area contributed by atoms with Crippen LogP contribution < -0.4 is 5.32 Å². The number of rotatable bonds is 9. The first-order valence-electron chi connectivity index (χ1n) is 5.13. The van der Waals surface area contributed by atoms with Crippen molar-refractivity contribution in [3.63, 3.8) is 0 Å². The first-order chi connectivity index (χ1) is 8.22. The number of hydrogen-bond donors (Lipinski definition) is 2. The van der Waals surface area contributed by atoms with Gasteiger partial charge in [0.25, 0.3) is 0 Å². The van der Waals surface area contributed by atoms with Crippen LogP contribution in [0.5, 0.6) is 0 Å². The van der Waals surface area contributed by atoms with Gasteiger partial charge in [-0.2, -0.15) is 11.8 Å². The van der Waals surface area contributed by atoms with Gasteiger partial charge in [0.15, 0.2) is 4.34 Å². The van der Waals surface area contributed by atoms with E-state index in [9.17, 15) is 4.79 Å². The van der Waals surface area contributed by atoms with Gasteiger partial charge in [0.05, 0.1) is 5.75 Å². The molecule has 0 radical (unpaired) electrons. The topological polar surface area (TPSA) is 75.1 Å². The Morgan fingerprint density at radius 1 is 1.47 bits per heavy atom. The summed E-state index contributed by atoms with van der Waals surface area (Å²) in [5.74, 6) is 0.372. The third kappa shape index (κ3) is 6.75. The number of carboxylic acids is 1. The molecule has 8 heteroatoms. The number of unbranched alkanes of at least 4 members (excludes halogenated alkanes) is 1. The Labute approximate surface area is 113 Å². The van der Waals surface area contributed by atoms with E-state index in [1.165, 1.54) is 35.3 Å². The molecule has 0 aliphatic carbocycles. The molecule has 5 nitrogen and oxygen atoms in total. The molecule has 0 aromatic carbocycles. The molecule has 1 rings (SSSR count). The van der Waals surface area contributed by atoms with Crippen molar-refractivity contribution in [2.45, 2.75) is 17.2 Å². The average Bonchev–Trinajstić information content (AvgIpc) is 2.74. The lowest BCUT2D eigenvalue weighted by molar-refractivity contribution is -0.133. The zero-order chi connectivity index (χ0) is 12.5. The van der Waals surface area contributed by atoms with Crippen LogP contribution in [0, 0.1) is 0 Å². The van der Waals surface area contributed by atoms with Gasteiger partial charge in [-0.15, -0.1) is 10.2 Å². The highest BCUT2D eigenvalue weighted by atomic mass is 32.2. The molecule has 0 saturated carbocycles. The van der Waals surface area contributed by atoms with Crippen molar-refractivity contribution >= 4 is 46.0 Å². The highest BCUT2D eigenvalue weighted by Gasteiger charge is 2.06. The third-order valence-electron chi connectivity index (χ3n) is 1.78. The number of carbonyl (C=O) groups is 1. The van der Waals surface area contributed by atoms with Gasteiger partial charge >= 0.3 is 5.97 Å². The maximum absolute atomic E-state index is 10.4. The normalized spacial score (nSPS) is 10.4. The highest BCUT2D eigenvalue weighted by Crippen LogP contribution is 2.25. The van der Waals surface area contributed by atoms with Crippen LogP contribution in [0.3, 0.4) is 0 Å². The van der Waals surface area contributed by atoms with E-state index in [0.29, 0.717) is 4.34 Å². The minimum Gasteiger partial charge on any atom is -0.481 e. The van der Waals surface area contributed by atoms with Crippen LogP contribution in [0.15, 0.2) is 4.34 Å². The molecule has 2 N–H and O–H groups in total. The van der Waals surface area contributed by atoms with E-state index in [0.717, 1.165) is 18.1 Å². The Morgan fingerprint density at radius 2 is 2.29 bits per heavy atom. The number of aliphatic carboxylic acids is 1. The number of anilines is 1. The third-order valence-corrected chi connectivity index (χ3v) is 4.47. The lowest BCUT2D eigenvalue weighted by Crippen LogP contribution is -2.01. The molecule has 96 valence electrons. The number of aromatic nitrogens is 2. The fourth-order valence-electron chi connectivity index (χ4n) is 1.03. The van der Waals surface area contributed by atoms with Crippen molar-refractivity contribution in [3.05, 3.63) is 0 Å². The Kier molecular flexibility index (Phi) is 7.38. The summed E-state index contributed by atoms with van der Waals surface area (Å²) in [6.07, 6.45) is 4.40. The van der Waals surface area contributed by atoms with E-state index < -0.39 is 5.97 Å². The molecule has 0 atom stereocenters. The predicted octanol–water partition coefficient (Wildman–Crippen LogP) is 2.27. The molecule has 0 spiro atoms. The molecule has 0 amide bonds. The maximum Gasteiger partial charge on any atom is 0.313 e. The lowest BCUT2D eigenvalue weighted by Gasteiger charge is -2.00. The molecule has 1 aromatic heterocycles. The summed E-state index contributed by atoms with van der Waals surface area (Å²) < 4.78 is 0.694. The van der Waals surface area contributed by atoms with Crippen LogP contribution in [0.2, 0.25) is 0 Å². The number of thioether (sulfide) groups is 2. The molecule has 0 saturated heterocycles. The van der Waals surface area contributed by atoms with Gasteiger partial charge < -0.3 is 10.4 Å². The first kappa shape index (κ1) is 14.6. The van der Waals surface area contributed by atoms with E-state index in [2.05, 4.69) is 21.8 Å². The van der Waals surface area contributed by atoms with Gasteiger partial charge in [-0.25, -0.2) is 0 Å². The first-order valence-corrected chi connectivity index (χ1v) is 8.33. The summed E-state index contributed by atoms with van der Waals surface area (Å²) in [4.78, 5) is 10.4. The highest BCUT2D eigenvalue weighted by molar-refractivity contribution is 8.01. The maximum atomic E-state index is 10.4. The van der Waals surface area contributed by atoms with Gasteiger partial charge in [-0.3, -0.25) is 4.79 Å². The van der Waals surface area contributed by atoms with Crippen molar-refractivity contribution in [2.75, 3.05) is 29.6 Å². The van der Waals surface area contributed by atoms with Crippen LogP contribution in [-0.4, -0.2) is 45.6 Å². The van der Waals surface area contributed by atoms with Crippen LogP contribution in [0.1, 0.15) is 12.8 Å². The van der Waals surface area contributed by atoms with E-state index in [1.807, 2.05) is 11.8 Å². The van der Waals surface area contributed by atoms with Crippen molar-refractivity contribution in [1.29, 1.82) is 0 Å². The van der Waals surface area contributed by atoms with Crippen LogP contribution in [0.25, 0.3) is 0 Å². The monoisotopic (exact) mass is 293 g/mol. The number of nitrogens with zero attached hydrogens (tertiary/aromatic N) is 2. The summed E-state index contributed by atoms with van der Waals surface area (Å²) >= 11 is 4.45. The summed E-state index contributed by atoms with van der Waals surface area (Å²) in [6, 6.07) is 0. The fraction of sp³-hybridized carbons (Fsp3) is 0.667. The van der Waals surface area contributed by atoms with Gasteiger partial charge in [0, 0.05) is 6.54 Å². The predicted molar refractivity (Wildman–Crippen MR) is 74.4 cm³/mol. The second-order valence-electron chi connectivity index (χ2n) is 3.18. The molecular formula is C9H15N3O2S3. The standard InChI is InChI=1S/C9H15N3O2S3/c1-15-5-3-2-4-10-8-11-12-9(17-8)16-6-7(13)14/h2-6H2,1H3,(H,10,11)(H,13,14). The molecule has 0 fully saturated rings. The average molecular weight is 293 g/mol. The van der Waals surface area contributed by atoms with Crippen LogP contribution >= 0.6 is 34.9 Å². The van der Waals surface area contributed by atoms with Gasteiger partial charge in [-0.1, -0.05) is 23.1 Å². The number of hydrogen-bond acceptors (Lipinski definition) is 7. The zero-order valence-electron chi connectivity index (χ0n) is 9.51. The molecule has 0 unspecified atom stereocenters. The molecule has 0 aliphatic rings. The van der Waals surface area contributed by atoms with E-state index in [-0.39, 0.29) is 5.75 Å². The van der Waals surface area contributed by atoms with E-state index in [4.69, 9.17) is 5.11 Å². The smallest absolute Gasteiger partial charge is 0.313 e. The van der Waals surface area contributed by atoms with Crippen molar-refractivity contribution in [2.24, 2.45) is 0 Å². The van der Waals surface area contributed by atoms with Crippen molar-refractivity contribution in [3.8, 4) is 0 Å². The number of nitrogens with one attached hydrogen (secondary N) is 1. The molecule has 1 heterocycles. The van der Waals surface area contributed by atoms with Gasteiger partial charge in [-0.05, 0) is 24.9 Å². The summed E-state index contributed by atoms with van der Waals surface area (Å²) in [7, 11) is 0. The fourth-order valence-corrected chi connectivity index (χ4v) is 3.02. The Hall–Kier alpha value is -0.470. The molecule has 0 bridgehead atoms. The largest absolute Gasteiger partial charge is 0.481 e. The van der Waals surface area contributed by atoms with Gasteiger partial charge in [0.1, 0.15) is 0 Å². The van der Waals surface area contributed by atoms with Gasteiger partial charge in [0.2, 0.25) is 5.13 Å². The second-order valence-corrected chi connectivity index (χ2v) is 6.37. The Bertz CT molecular complexity index is 346. The molecule has 0 aliphatic heterocycles. The Balaban J connectivity index is 2.19. The quantitative estimate of drug-likeness (QED) is 0.534. The summed E-state index contributed by atoms with van der Waals surface area (Å²) in [6.45, 7) is 0.888. The SMILES string of the molecule is CSCCCCNc1nnc(SCC(=O)O)s1. The molecule has 17 heavy (non-hydrogen) atoms. The second kappa shape index (κ2) is 8.60. The summed E-state index contributed by atoms with van der Waals surface area (Å²) in [5.41, 5.74) is 0. The minimum atomic E-state index is -0.836. The molecule has 1 aromatic rings. The van der Waals surface area contributed by atoms with Crippen LogP contribution in [0.4, 0.5) is 5.13 Å². The van der Waals surface area contributed by atoms with E-state index >= 15 is 0 Å².